The number of para-hydroxylation sites is 1. The summed E-state index contributed by atoms with van der Waals surface area (Å²) in [5.41, 5.74) is 5.74. The van der Waals surface area contributed by atoms with Gasteiger partial charge in [0, 0.05) is 0 Å². The second-order valence-electron chi connectivity index (χ2n) is 2.82. The molecule has 0 spiro atoms. The topological polar surface area (TPSA) is 65.5 Å². The second-order valence-corrected chi connectivity index (χ2v) is 2.82. The second kappa shape index (κ2) is 3.06. The molecule has 0 saturated carbocycles. The van der Waals surface area contributed by atoms with Crippen LogP contribution in [-0.2, 0) is 0 Å². The first-order valence-electron chi connectivity index (χ1n) is 4.09. The number of furan rings is 1. The highest BCUT2D eigenvalue weighted by Gasteiger charge is 2.18. The van der Waals surface area contributed by atoms with Gasteiger partial charge in [0.2, 0.25) is 5.76 Å². The van der Waals surface area contributed by atoms with Crippen molar-refractivity contribution in [3.8, 4) is 5.75 Å². The smallest absolute Gasteiger partial charge is 0.288 e. The summed E-state index contributed by atoms with van der Waals surface area (Å²) in [6.07, 6.45) is 0. The summed E-state index contributed by atoms with van der Waals surface area (Å²) in [5.74, 6) is -0.167. The largest absolute Gasteiger partial charge is 0.492 e. The lowest BCUT2D eigenvalue weighted by Crippen LogP contribution is -2.10. The normalized spacial score (nSPS) is 10.4. The van der Waals surface area contributed by atoms with E-state index in [1.165, 1.54) is 7.11 Å². The van der Waals surface area contributed by atoms with Gasteiger partial charge in [-0.2, -0.15) is 0 Å². The number of primary amides is 1. The van der Waals surface area contributed by atoms with Crippen LogP contribution in [0.25, 0.3) is 11.0 Å². The number of carbonyl (C=O) groups excluding carboxylic acids is 1. The predicted molar refractivity (Wildman–Crippen MR) is 51.3 cm³/mol. The summed E-state index contributed by atoms with van der Waals surface area (Å²) in [5, 5.41) is 0.754. The fourth-order valence-electron chi connectivity index (χ4n) is 1.39. The van der Waals surface area contributed by atoms with Crippen LogP contribution in [-0.4, -0.2) is 13.0 Å². The Morgan fingerprint density at radius 1 is 1.43 bits per heavy atom. The van der Waals surface area contributed by atoms with Gasteiger partial charge in [-0.05, 0) is 12.1 Å². The van der Waals surface area contributed by atoms with Crippen LogP contribution in [0.3, 0.4) is 0 Å². The molecular weight excluding hydrogens is 182 g/mol. The third-order valence-electron chi connectivity index (χ3n) is 1.98. The van der Waals surface area contributed by atoms with E-state index < -0.39 is 5.91 Å². The molecule has 0 aliphatic rings. The van der Waals surface area contributed by atoms with E-state index in [1.807, 2.05) is 18.2 Å². The van der Waals surface area contributed by atoms with Crippen molar-refractivity contribution < 1.29 is 13.9 Å². The van der Waals surface area contributed by atoms with Gasteiger partial charge in [0.05, 0.1) is 12.5 Å². The molecule has 1 heterocycles. The number of rotatable bonds is 2. The summed E-state index contributed by atoms with van der Waals surface area (Å²) in [4.78, 5) is 11.0. The maximum atomic E-state index is 11.0. The van der Waals surface area contributed by atoms with Crippen LogP contribution in [0, 0.1) is 0 Å². The Balaban J connectivity index is 2.78. The van der Waals surface area contributed by atoms with Crippen LogP contribution < -0.4 is 10.5 Å². The molecule has 4 nitrogen and oxygen atoms in total. The first-order valence-corrected chi connectivity index (χ1v) is 4.09. The quantitative estimate of drug-likeness (QED) is 0.782. The molecule has 4 heteroatoms. The molecule has 0 unspecified atom stereocenters. The Labute approximate surface area is 80.3 Å². The number of fused-ring (bicyclic) bond motifs is 1. The van der Waals surface area contributed by atoms with Crippen LogP contribution in [0.5, 0.6) is 5.75 Å². The Morgan fingerprint density at radius 2 is 2.14 bits per heavy atom. The summed E-state index contributed by atoms with van der Waals surface area (Å²) in [6.45, 7) is 0. The maximum absolute atomic E-state index is 11.0. The zero-order valence-corrected chi connectivity index (χ0v) is 7.61. The fourth-order valence-corrected chi connectivity index (χ4v) is 1.39. The van der Waals surface area contributed by atoms with E-state index >= 15 is 0 Å². The monoisotopic (exact) mass is 191 g/mol. The molecular formula is C10H9NO3. The van der Waals surface area contributed by atoms with Crippen molar-refractivity contribution in [1.82, 2.24) is 0 Å². The minimum Gasteiger partial charge on any atom is -0.492 e. The predicted octanol–water partition coefficient (Wildman–Crippen LogP) is 1.54. The van der Waals surface area contributed by atoms with Crippen molar-refractivity contribution in [2.75, 3.05) is 7.11 Å². The van der Waals surface area contributed by atoms with Gasteiger partial charge in [-0.25, -0.2) is 0 Å². The molecule has 1 aromatic heterocycles. The summed E-state index contributed by atoms with van der Waals surface area (Å²) >= 11 is 0. The van der Waals surface area contributed by atoms with Crippen LogP contribution in [0.4, 0.5) is 0 Å². The third kappa shape index (κ3) is 1.12. The van der Waals surface area contributed by atoms with Crippen LogP contribution in [0.2, 0.25) is 0 Å². The van der Waals surface area contributed by atoms with Crippen molar-refractivity contribution in [1.29, 1.82) is 0 Å². The van der Waals surface area contributed by atoms with E-state index in [0.29, 0.717) is 11.3 Å². The number of hydrogen-bond donors (Lipinski definition) is 1. The Kier molecular flexibility index (Phi) is 1.89. The third-order valence-corrected chi connectivity index (χ3v) is 1.98. The molecule has 1 aromatic carbocycles. The highest BCUT2D eigenvalue weighted by atomic mass is 16.5. The van der Waals surface area contributed by atoms with Gasteiger partial charge in [-0.15, -0.1) is 0 Å². The zero-order chi connectivity index (χ0) is 10.1. The highest BCUT2D eigenvalue weighted by molar-refractivity contribution is 6.00. The van der Waals surface area contributed by atoms with Crippen LogP contribution in [0.1, 0.15) is 10.6 Å². The van der Waals surface area contributed by atoms with Crippen molar-refractivity contribution in [2.45, 2.75) is 0 Å². The Bertz CT molecular complexity index is 487. The van der Waals surface area contributed by atoms with E-state index in [2.05, 4.69) is 0 Å². The van der Waals surface area contributed by atoms with Crippen molar-refractivity contribution in [3.05, 3.63) is 30.0 Å². The average molecular weight is 191 g/mol. The zero-order valence-electron chi connectivity index (χ0n) is 7.61. The molecule has 14 heavy (non-hydrogen) atoms. The van der Waals surface area contributed by atoms with E-state index in [1.54, 1.807) is 6.07 Å². The summed E-state index contributed by atoms with van der Waals surface area (Å²) < 4.78 is 10.3. The van der Waals surface area contributed by atoms with Crippen molar-refractivity contribution >= 4 is 16.9 Å². The van der Waals surface area contributed by atoms with Gasteiger partial charge in [-0.1, -0.05) is 12.1 Å². The lowest BCUT2D eigenvalue weighted by Gasteiger charge is -1.96. The Hall–Kier alpha value is -1.97. The molecule has 72 valence electrons. The molecule has 0 fully saturated rings. The summed E-state index contributed by atoms with van der Waals surface area (Å²) in [7, 11) is 1.48. The van der Waals surface area contributed by atoms with Crippen molar-refractivity contribution in [3.63, 3.8) is 0 Å². The molecule has 1 amide bonds. The van der Waals surface area contributed by atoms with Gasteiger partial charge in [-0.3, -0.25) is 4.79 Å². The molecule has 0 aliphatic heterocycles. The van der Waals surface area contributed by atoms with Gasteiger partial charge >= 0.3 is 0 Å². The van der Waals surface area contributed by atoms with Gasteiger partial charge in [0.1, 0.15) is 5.58 Å². The van der Waals surface area contributed by atoms with E-state index in [-0.39, 0.29) is 5.76 Å². The molecule has 0 aliphatic carbocycles. The molecule has 2 N–H and O–H groups in total. The van der Waals surface area contributed by atoms with E-state index in [4.69, 9.17) is 14.9 Å². The fraction of sp³-hybridized carbons (Fsp3) is 0.100. The number of carbonyl (C=O) groups is 1. The molecule has 0 bridgehead atoms. The van der Waals surface area contributed by atoms with Gasteiger partial charge in [0.15, 0.2) is 5.75 Å². The standard InChI is InChI=1S/C10H9NO3/c1-13-8-6-4-2-3-5-7(6)14-9(8)10(11)12/h2-5H,1H3,(H2,11,12). The highest BCUT2D eigenvalue weighted by Crippen LogP contribution is 2.32. The average Bonchev–Trinajstić information content (AvgIpc) is 2.56. The molecule has 0 saturated heterocycles. The maximum Gasteiger partial charge on any atom is 0.288 e. The summed E-state index contributed by atoms with van der Waals surface area (Å²) in [6, 6.07) is 7.22. The first-order chi connectivity index (χ1) is 6.74. The van der Waals surface area contributed by atoms with E-state index in [9.17, 15) is 4.79 Å². The minimum absolute atomic E-state index is 0.0636. The van der Waals surface area contributed by atoms with Crippen LogP contribution >= 0.6 is 0 Å². The number of methoxy groups -OCH3 is 1. The molecule has 2 rings (SSSR count). The number of benzene rings is 1. The van der Waals surface area contributed by atoms with Gasteiger partial charge in [0.25, 0.3) is 5.91 Å². The Morgan fingerprint density at radius 3 is 2.79 bits per heavy atom. The minimum atomic E-state index is -0.627. The number of amides is 1. The van der Waals surface area contributed by atoms with E-state index in [0.717, 1.165) is 5.39 Å². The SMILES string of the molecule is COc1c(C(N)=O)oc2ccccc12. The van der Waals surface area contributed by atoms with Crippen LogP contribution in [0.15, 0.2) is 28.7 Å². The van der Waals surface area contributed by atoms with Gasteiger partial charge < -0.3 is 14.9 Å². The number of nitrogens with two attached hydrogens (primary N) is 1. The van der Waals surface area contributed by atoms with Crippen molar-refractivity contribution in [2.24, 2.45) is 5.73 Å². The molecule has 0 atom stereocenters. The lowest BCUT2D eigenvalue weighted by molar-refractivity contribution is 0.0972. The number of ether oxygens (including phenoxy) is 1. The molecule has 0 radical (unpaired) electrons. The lowest BCUT2D eigenvalue weighted by atomic mass is 10.2. The number of hydrogen-bond acceptors (Lipinski definition) is 3. The molecule has 2 aromatic rings. The first kappa shape index (κ1) is 8.62.